The van der Waals surface area contributed by atoms with Crippen LogP contribution in [0.1, 0.15) is 11.1 Å². The highest BCUT2D eigenvalue weighted by Crippen LogP contribution is 2.33. The minimum atomic E-state index is -1.21. The van der Waals surface area contributed by atoms with Crippen molar-refractivity contribution < 1.29 is 14.7 Å². The van der Waals surface area contributed by atoms with Crippen molar-refractivity contribution in [2.45, 2.75) is 18.9 Å². The molecule has 2 amide bonds. The minimum Gasteiger partial charge on any atom is -0.465 e. The summed E-state index contributed by atoms with van der Waals surface area (Å²) in [7, 11) is 0. The van der Waals surface area contributed by atoms with Gasteiger partial charge in [-0.1, -0.05) is 42.5 Å². The molecule has 29 heavy (non-hydrogen) atoms. The van der Waals surface area contributed by atoms with Crippen molar-refractivity contribution in [1.82, 2.24) is 15.3 Å². The van der Waals surface area contributed by atoms with Crippen molar-refractivity contribution in [1.29, 1.82) is 0 Å². The molecule has 7 heteroatoms. The lowest BCUT2D eigenvalue weighted by Crippen LogP contribution is -2.49. The van der Waals surface area contributed by atoms with E-state index in [-0.39, 0.29) is 5.91 Å². The van der Waals surface area contributed by atoms with Crippen molar-refractivity contribution in [2.24, 2.45) is 0 Å². The Morgan fingerprint density at radius 3 is 2.55 bits per heavy atom. The van der Waals surface area contributed by atoms with E-state index in [9.17, 15) is 14.7 Å². The van der Waals surface area contributed by atoms with Crippen LogP contribution >= 0.6 is 0 Å². The maximum Gasteiger partial charge on any atom is 0.405 e. The number of rotatable bonds is 5. The zero-order valence-corrected chi connectivity index (χ0v) is 15.7. The van der Waals surface area contributed by atoms with Crippen LogP contribution in [0.15, 0.2) is 67.3 Å². The molecule has 2 heterocycles. The van der Waals surface area contributed by atoms with Crippen molar-refractivity contribution in [3.63, 3.8) is 0 Å². The van der Waals surface area contributed by atoms with Gasteiger partial charge in [-0.05, 0) is 29.2 Å². The SMILES string of the molecule is O=C(O)NC(Cc1ccccc1)C(=O)N1CCc2ccc(-c3cncnc3)cc21. The van der Waals surface area contributed by atoms with Crippen molar-refractivity contribution in [3.05, 3.63) is 78.4 Å². The lowest BCUT2D eigenvalue weighted by molar-refractivity contribution is -0.120. The molecular weight excluding hydrogens is 368 g/mol. The highest BCUT2D eigenvalue weighted by atomic mass is 16.4. The average molecular weight is 388 g/mol. The number of nitrogens with one attached hydrogen (secondary N) is 1. The predicted molar refractivity (Wildman–Crippen MR) is 109 cm³/mol. The van der Waals surface area contributed by atoms with Gasteiger partial charge >= 0.3 is 6.09 Å². The molecule has 146 valence electrons. The number of hydrogen-bond donors (Lipinski definition) is 2. The van der Waals surface area contributed by atoms with Crippen molar-refractivity contribution in [3.8, 4) is 11.1 Å². The first-order chi connectivity index (χ1) is 14.1. The number of amides is 2. The van der Waals surface area contributed by atoms with E-state index in [1.807, 2.05) is 48.5 Å². The van der Waals surface area contributed by atoms with Crippen molar-refractivity contribution in [2.75, 3.05) is 11.4 Å². The Morgan fingerprint density at radius 2 is 1.83 bits per heavy atom. The van der Waals surface area contributed by atoms with Gasteiger partial charge in [-0.25, -0.2) is 14.8 Å². The molecule has 0 saturated carbocycles. The summed E-state index contributed by atoms with van der Waals surface area (Å²) in [6, 6.07) is 14.5. The third kappa shape index (κ3) is 4.08. The number of anilines is 1. The number of benzene rings is 2. The van der Waals surface area contributed by atoms with Crippen LogP contribution in [0.5, 0.6) is 0 Å². The zero-order chi connectivity index (χ0) is 20.2. The lowest BCUT2D eigenvalue weighted by atomic mass is 10.0. The Bertz CT molecular complexity index is 1020. The van der Waals surface area contributed by atoms with Crippen LogP contribution < -0.4 is 10.2 Å². The second kappa shape index (κ2) is 8.10. The van der Waals surface area contributed by atoms with E-state index < -0.39 is 12.1 Å². The van der Waals surface area contributed by atoms with E-state index in [2.05, 4.69) is 15.3 Å². The summed E-state index contributed by atoms with van der Waals surface area (Å²) in [4.78, 5) is 34.4. The summed E-state index contributed by atoms with van der Waals surface area (Å²) in [5.41, 5.74) is 4.54. The fraction of sp³-hybridized carbons (Fsp3) is 0.182. The predicted octanol–water partition coefficient (Wildman–Crippen LogP) is 2.91. The first-order valence-electron chi connectivity index (χ1n) is 9.35. The Kier molecular flexibility index (Phi) is 5.20. The molecule has 1 atom stereocenters. The van der Waals surface area contributed by atoms with Crippen molar-refractivity contribution >= 4 is 17.7 Å². The molecule has 2 aromatic carbocycles. The lowest BCUT2D eigenvalue weighted by Gasteiger charge is -2.24. The molecule has 1 unspecified atom stereocenters. The van der Waals surface area contributed by atoms with Crippen LogP contribution in [0.2, 0.25) is 0 Å². The molecule has 1 aliphatic heterocycles. The molecule has 0 fully saturated rings. The van der Waals surface area contributed by atoms with Crippen LogP contribution in [-0.2, 0) is 17.6 Å². The summed E-state index contributed by atoms with van der Waals surface area (Å²) in [6.07, 6.45) is 4.73. The molecule has 1 aliphatic rings. The van der Waals surface area contributed by atoms with Gasteiger partial charge in [0.15, 0.2) is 0 Å². The molecule has 0 radical (unpaired) electrons. The summed E-state index contributed by atoms with van der Waals surface area (Å²) in [5.74, 6) is -0.253. The Labute approximate surface area is 168 Å². The fourth-order valence-electron chi connectivity index (χ4n) is 3.62. The highest BCUT2D eigenvalue weighted by molar-refractivity contribution is 6.01. The summed E-state index contributed by atoms with van der Waals surface area (Å²) < 4.78 is 0. The average Bonchev–Trinajstić information content (AvgIpc) is 3.17. The summed E-state index contributed by atoms with van der Waals surface area (Å²) in [5, 5.41) is 11.6. The molecule has 0 saturated heterocycles. The molecule has 3 aromatic rings. The maximum absolute atomic E-state index is 13.3. The largest absolute Gasteiger partial charge is 0.465 e. The standard InChI is InChI=1S/C22H20N4O3/c27-21(19(25-22(28)29)10-15-4-2-1-3-5-15)26-9-8-16-6-7-17(11-20(16)26)18-12-23-14-24-13-18/h1-7,11-14,19,25H,8-10H2,(H,28,29). The quantitative estimate of drug-likeness (QED) is 0.701. The zero-order valence-electron chi connectivity index (χ0n) is 15.7. The van der Waals surface area contributed by atoms with Gasteiger partial charge in [-0.15, -0.1) is 0 Å². The maximum atomic E-state index is 13.3. The molecular formula is C22H20N4O3. The smallest absolute Gasteiger partial charge is 0.405 e. The first-order valence-corrected chi connectivity index (χ1v) is 9.35. The first kappa shape index (κ1) is 18.6. The van der Waals surface area contributed by atoms with E-state index in [4.69, 9.17) is 0 Å². The van der Waals surface area contributed by atoms with Gasteiger partial charge < -0.3 is 15.3 Å². The molecule has 0 aliphatic carbocycles. The number of nitrogens with zero attached hydrogens (tertiary/aromatic N) is 3. The number of fused-ring (bicyclic) bond motifs is 1. The third-order valence-electron chi connectivity index (χ3n) is 5.02. The van der Waals surface area contributed by atoms with Gasteiger partial charge in [0.2, 0.25) is 5.91 Å². The van der Waals surface area contributed by atoms with Crippen LogP contribution in [0.3, 0.4) is 0 Å². The van der Waals surface area contributed by atoms with Crippen LogP contribution in [0.4, 0.5) is 10.5 Å². The summed E-state index contributed by atoms with van der Waals surface area (Å²) >= 11 is 0. The van der Waals surface area contributed by atoms with Gasteiger partial charge in [0.25, 0.3) is 0 Å². The van der Waals surface area contributed by atoms with E-state index in [0.717, 1.165) is 34.4 Å². The van der Waals surface area contributed by atoms with Gasteiger partial charge in [0.1, 0.15) is 12.4 Å². The number of carbonyl (C=O) groups is 2. The van der Waals surface area contributed by atoms with Gasteiger partial charge in [-0.3, -0.25) is 4.79 Å². The van der Waals surface area contributed by atoms with E-state index >= 15 is 0 Å². The molecule has 4 rings (SSSR count). The van der Waals surface area contributed by atoms with Crippen LogP contribution in [0.25, 0.3) is 11.1 Å². The fourth-order valence-corrected chi connectivity index (χ4v) is 3.62. The Balaban J connectivity index is 1.62. The number of aromatic nitrogens is 2. The van der Waals surface area contributed by atoms with Gasteiger partial charge in [0, 0.05) is 36.6 Å². The van der Waals surface area contributed by atoms with E-state index in [1.165, 1.54) is 6.33 Å². The number of carboxylic acid groups (broad SMARTS) is 1. The van der Waals surface area contributed by atoms with Crippen LogP contribution in [-0.4, -0.2) is 39.7 Å². The summed E-state index contributed by atoms with van der Waals surface area (Å²) in [6.45, 7) is 0.523. The molecule has 0 spiro atoms. The van der Waals surface area contributed by atoms with Gasteiger partial charge in [-0.2, -0.15) is 0 Å². The number of hydrogen-bond acceptors (Lipinski definition) is 4. The second-order valence-electron chi connectivity index (χ2n) is 6.90. The molecule has 1 aromatic heterocycles. The molecule has 0 bridgehead atoms. The van der Waals surface area contributed by atoms with E-state index in [1.54, 1.807) is 17.3 Å². The second-order valence-corrected chi connectivity index (χ2v) is 6.90. The topological polar surface area (TPSA) is 95.4 Å². The van der Waals surface area contributed by atoms with E-state index in [0.29, 0.717) is 13.0 Å². The van der Waals surface area contributed by atoms with Gasteiger partial charge in [0.05, 0.1) is 0 Å². The highest BCUT2D eigenvalue weighted by Gasteiger charge is 2.31. The number of carbonyl (C=O) groups excluding carboxylic acids is 1. The normalized spacial score (nSPS) is 13.6. The minimum absolute atomic E-state index is 0.253. The monoisotopic (exact) mass is 388 g/mol. The Hall–Kier alpha value is -3.74. The molecule has 7 nitrogen and oxygen atoms in total. The van der Waals surface area contributed by atoms with Crippen LogP contribution in [0, 0.1) is 0 Å². The Morgan fingerprint density at radius 1 is 1.07 bits per heavy atom. The third-order valence-corrected chi connectivity index (χ3v) is 5.02. The molecule has 2 N–H and O–H groups in total.